The van der Waals surface area contributed by atoms with Gasteiger partial charge in [-0.1, -0.05) is 30.3 Å². The molecule has 1 aromatic carbocycles. The van der Waals surface area contributed by atoms with Crippen LogP contribution in [0.5, 0.6) is 0 Å². The molecular formula is C12H13NO. The van der Waals surface area contributed by atoms with Crippen molar-refractivity contribution in [2.24, 2.45) is 0 Å². The van der Waals surface area contributed by atoms with Crippen LogP contribution >= 0.6 is 0 Å². The monoisotopic (exact) mass is 187 g/mol. The number of carbonyl (C=O) groups is 1. The predicted octanol–water partition coefficient (Wildman–Crippen LogP) is 2.09. The molecule has 0 N–H and O–H groups in total. The van der Waals surface area contributed by atoms with Crippen molar-refractivity contribution in [1.82, 2.24) is 4.90 Å². The molecule has 14 heavy (non-hydrogen) atoms. The van der Waals surface area contributed by atoms with E-state index in [-0.39, 0.29) is 5.78 Å². The van der Waals surface area contributed by atoms with Crippen LogP contribution in [0.4, 0.5) is 0 Å². The maximum Gasteiger partial charge on any atom is 0.187 e. The molecule has 1 saturated heterocycles. The third-order valence-corrected chi connectivity index (χ3v) is 2.39. The SMILES string of the molecule is O=C(C=CN1CCC1)c1ccccc1. The van der Waals surface area contributed by atoms with E-state index in [1.54, 1.807) is 6.08 Å². The summed E-state index contributed by atoms with van der Waals surface area (Å²) in [6.45, 7) is 2.16. The second-order valence-electron chi connectivity index (χ2n) is 3.44. The zero-order chi connectivity index (χ0) is 9.80. The number of ketones is 1. The summed E-state index contributed by atoms with van der Waals surface area (Å²) in [4.78, 5) is 13.7. The van der Waals surface area contributed by atoms with Crippen molar-refractivity contribution in [3.63, 3.8) is 0 Å². The summed E-state index contributed by atoms with van der Waals surface area (Å²) in [7, 11) is 0. The third-order valence-electron chi connectivity index (χ3n) is 2.39. The van der Waals surface area contributed by atoms with E-state index in [2.05, 4.69) is 4.90 Å². The Morgan fingerprint density at radius 3 is 2.50 bits per heavy atom. The van der Waals surface area contributed by atoms with Gasteiger partial charge in [-0.05, 0) is 6.42 Å². The van der Waals surface area contributed by atoms with Crippen molar-refractivity contribution >= 4 is 5.78 Å². The zero-order valence-corrected chi connectivity index (χ0v) is 8.02. The van der Waals surface area contributed by atoms with Crippen LogP contribution in [0.3, 0.4) is 0 Å². The van der Waals surface area contributed by atoms with E-state index in [1.807, 2.05) is 36.5 Å². The Hall–Kier alpha value is -1.57. The molecule has 0 aliphatic carbocycles. The maximum absolute atomic E-state index is 11.6. The maximum atomic E-state index is 11.6. The van der Waals surface area contributed by atoms with Gasteiger partial charge in [0.2, 0.25) is 0 Å². The molecule has 0 amide bonds. The van der Waals surface area contributed by atoms with E-state index >= 15 is 0 Å². The van der Waals surface area contributed by atoms with E-state index in [9.17, 15) is 4.79 Å². The minimum Gasteiger partial charge on any atom is -0.377 e. The second kappa shape index (κ2) is 4.09. The summed E-state index contributed by atoms with van der Waals surface area (Å²) in [5.74, 6) is 0.0810. The third kappa shape index (κ3) is 2.02. The van der Waals surface area contributed by atoms with Gasteiger partial charge in [-0.25, -0.2) is 0 Å². The molecule has 2 nitrogen and oxygen atoms in total. The minimum atomic E-state index is 0.0810. The van der Waals surface area contributed by atoms with Crippen LogP contribution in [-0.2, 0) is 0 Å². The van der Waals surface area contributed by atoms with Gasteiger partial charge in [0, 0.05) is 30.9 Å². The van der Waals surface area contributed by atoms with Crippen LogP contribution in [0.1, 0.15) is 16.8 Å². The van der Waals surface area contributed by atoms with Crippen LogP contribution in [-0.4, -0.2) is 23.8 Å². The Bertz CT molecular complexity index is 339. The second-order valence-corrected chi connectivity index (χ2v) is 3.44. The number of hydrogen-bond acceptors (Lipinski definition) is 2. The highest BCUT2D eigenvalue weighted by atomic mass is 16.1. The number of likely N-dealkylation sites (tertiary alicyclic amines) is 1. The quantitative estimate of drug-likeness (QED) is 0.533. The molecule has 1 aliphatic heterocycles. The Morgan fingerprint density at radius 2 is 1.93 bits per heavy atom. The first kappa shape index (κ1) is 9.00. The largest absolute Gasteiger partial charge is 0.377 e. The van der Waals surface area contributed by atoms with E-state index in [0.717, 1.165) is 18.7 Å². The summed E-state index contributed by atoms with van der Waals surface area (Å²) >= 11 is 0. The zero-order valence-electron chi connectivity index (χ0n) is 8.02. The molecule has 72 valence electrons. The molecule has 0 atom stereocenters. The van der Waals surface area contributed by atoms with E-state index < -0.39 is 0 Å². The molecule has 1 aliphatic rings. The normalized spacial score (nSPS) is 15.6. The molecule has 0 spiro atoms. The first-order chi connectivity index (χ1) is 6.86. The van der Waals surface area contributed by atoms with Gasteiger partial charge in [0.1, 0.15) is 0 Å². The standard InChI is InChI=1S/C12H13NO/c14-12(7-10-13-8-4-9-13)11-5-2-1-3-6-11/h1-3,5-7,10H,4,8-9H2. The molecule has 2 rings (SSSR count). The molecule has 0 saturated carbocycles. The first-order valence-electron chi connectivity index (χ1n) is 4.88. The van der Waals surface area contributed by atoms with Gasteiger partial charge in [0.05, 0.1) is 0 Å². The van der Waals surface area contributed by atoms with Gasteiger partial charge in [-0.15, -0.1) is 0 Å². The van der Waals surface area contributed by atoms with Crippen molar-refractivity contribution in [3.8, 4) is 0 Å². The Balaban J connectivity index is 1.98. The highest BCUT2D eigenvalue weighted by Gasteiger charge is 2.08. The van der Waals surface area contributed by atoms with Crippen LogP contribution in [0.25, 0.3) is 0 Å². The number of hydrogen-bond donors (Lipinski definition) is 0. The average molecular weight is 187 g/mol. The van der Waals surface area contributed by atoms with Gasteiger partial charge in [0.15, 0.2) is 5.78 Å². The van der Waals surface area contributed by atoms with Gasteiger partial charge < -0.3 is 4.90 Å². The van der Waals surface area contributed by atoms with Gasteiger partial charge in [-0.3, -0.25) is 4.79 Å². The summed E-state index contributed by atoms with van der Waals surface area (Å²) in [6, 6.07) is 9.34. The predicted molar refractivity (Wildman–Crippen MR) is 56.1 cm³/mol. The average Bonchev–Trinajstić information content (AvgIpc) is 2.16. The number of nitrogens with zero attached hydrogens (tertiary/aromatic N) is 1. The number of carbonyl (C=O) groups excluding carboxylic acids is 1. The van der Waals surface area contributed by atoms with E-state index in [1.165, 1.54) is 6.42 Å². The van der Waals surface area contributed by atoms with E-state index in [0.29, 0.717) is 0 Å². The lowest BCUT2D eigenvalue weighted by atomic mass is 10.1. The van der Waals surface area contributed by atoms with Crippen LogP contribution in [0.2, 0.25) is 0 Å². The number of rotatable bonds is 3. The molecule has 1 heterocycles. The highest BCUT2D eigenvalue weighted by Crippen LogP contribution is 2.07. The molecule has 0 unspecified atom stereocenters. The van der Waals surface area contributed by atoms with Gasteiger partial charge >= 0.3 is 0 Å². The Kier molecular flexibility index (Phi) is 2.63. The topological polar surface area (TPSA) is 20.3 Å². The molecule has 0 aromatic heterocycles. The summed E-state index contributed by atoms with van der Waals surface area (Å²) in [5.41, 5.74) is 0.754. The first-order valence-corrected chi connectivity index (χ1v) is 4.88. The van der Waals surface area contributed by atoms with Crippen molar-refractivity contribution < 1.29 is 4.79 Å². The number of allylic oxidation sites excluding steroid dienone is 1. The Morgan fingerprint density at radius 1 is 1.21 bits per heavy atom. The lowest BCUT2D eigenvalue weighted by Gasteiger charge is -2.28. The summed E-state index contributed by atoms with van der Waals surface area (Å²) < 4.78 is 0. The lowest BCUT2D eigenvalue weighted by Crippen LogP contribution is -2.32. The van der Waals surface area contributed by atoms with Crippen molar-refractivity contribution in [1.29, 1.82) is 0 Å². The van der Waals surface area contributed by atoms with Crippen molar-refractivity contribution in [3.05, 3.63) is 48.2 Å². The van der Waals surface area contributed by atoms with Crippen LogP contribution < -0.4 is 0 Å². The van der Waals surface area contributed by atoms with Crippen LogP contribution in [0, 0.1) is 0 Å². The van der Waals surface area contributed by atoms with Crippen molar-refractivity contribution in [2.75, 3.05) is 13.1 Å². The fourth-order valence-corrected chi connectivity index (χ4v) is 1.36. The molecule has 1 aromatic rings. The molecular weight excluding hydrogens is 174 g/mol. The number of benzene rings is 1. The highest BCUT2D eigenvalue weighted by molar-refractivity contribution is 6.04. The van der Waals surface area contributed by atoms with Gasteiger partial charge in [-0.2, -0.15) is 0 Å². The van der Waals surface area contributed by atoms with Crippen molar-refractivity contribution in [2.45, 2.75) is 6.42 Å². The summed E-state index contributed by atoms with van der Waals surface area (Å²) in [5, 5.41) is 0. The minimum absolute atomic E-state index is 0.0810. The van der Waals surface area contributed by atoms with Gasteiger partial charge in [0.25, 0.3) is 0 Å². The fourth-order valence-electron chi connectivity index (χ4n) is 1.36. The smallest absolute Gasteiger partial charge is 0.187 e. The summed E-state index contributed by atoms with van der Waals surface area (Å²) in [6.07, 6.45) is 4.77. The molecule has 2 heteroatoms. The lowest BCUT2D eigenvalue weighted by molar-refractivity contribution is 0.104. The Labute approximate surface area is 83.8 Å². The molecule has 0 bridgehead atoms. The van der Waals surface area contributed by atoms with Crippen LogP contribution in [0.15, 0.2) is 42.6 Å². The molecule has 1 fully saturated rings. The fraction of sp³-hybridized carbons (Fsp3) is 0.250. The van der Waals surface area contributed by atoms with E-state index in [4.69, 9.17) is 0 Å². The molecule has 0 radical (unpaired) electrons.